The number of hydrogen-bond acceptors (Lipinski definition) is 5. The molecule has 7 nitrogen and oxygen atoms in total. The normalized spacial score (nSPS) is 17.8. The van der Waals surface area contributed by atoms with Crippen LogP contribution in [0.4, 0.5) is 5.69 Å². The Labute approximate surface area is 126 Å². The zero-order valence-corrected chi connectivity index (χ0v) is 12.2. The Morgan fingerprint density at radius 3 is 3.00 bits per heavy atom. The van der Waals surface area contributed by atoms with Gasteiger partial charge in [-0.25, -0.2) is 4.79 Å². The fraction of sp³-hybridized carbons (Fsp3) is 0.400. The van der Waals surface area contributed by atoms with Gasteiger partial charge in [-0.15, -0.1) is 0 Å². The van der Waals surface area contributed by atoms with E-state index in [9.17, 15) is 14.9 Å². The summed E-state index contributed by atoms with van der Waals surface area (Å²) in [6.07, 6.45) is 2.88. The van der Waals surface area contributed by atoms with Gasteiger partial charge in [0.15, 0.2) is 0 Å². The second kappa shape index (κ2) is 5.76. The summed E-state index contributed by atoms with van der Waals surface area (Å²) in [7, 11) is 1.21. The Morgan fingerprint density at radius 2 is 2.36 bits per heavy atom. The lowest BCUT2D eigenvalue weighted by Gasteiger charge is -2.11. The molecule has 3 rings (SSSR count). The smallest absolute Gasteiger partial charge is 0.344 e. The first-order valence-corrected chi connectivity index (χ1v) is 7.03. The third-order valence-electron chi connectivity index (χ3n) is 3.97. The Morgan fingerprint density at radius 1 is 1.55 bits per heavy atom. The van der Waals surface area contributed by atoms with Gasteiger partial charge < -0.3 is 14.0 Å². The molecule has 116 valence electrons. The lowest BCUT2D eigenvalue weighted by molar-refractivity contribution is -0.385. The second-order valence-electron chi connectivity index (χ2n) is 5.37. The number of aromatic nitrogens is 1. The molecular formula is C15H16N2O5. The van der Waals surface area contributed by atoms with Crippen LogP contribution in [0.25, 0.3) is 10.9 Å². The number of methoxy groups -OCH3 is 1. The van der Waals surface area contributed by atoms with Gasteiger partial charge in [0.1, 0.15) is 5.56 Å². The van der Waals surface area contributed by atoms with Crippen molar-refractivity contribution in [1.82, 2.24) is 4.57 Å². The first-order valence-electron chi connectivity index (χ1n) is 7.03. The molecular weight excluding hydrogens is 288 g/mol. The van der Waals surface area contributed by atoms with E-state index in [1.54, 1.807) is 0 Å². The predicted molar refractivity (Wildman–Crippen MR) is 78.9 cm³/mol. The zero-order chi connectivity index (χ0) is 15.7. The summed E-state index contributed by atoms with van der Waals surface area (Å²) in [5.74, 6) is -0.280. The van der Waals surface area contributed by atoms with Gasteiger partial charge in [-0.2, -0.15) is 0 Å². The zero-order valence-electron chi connectivity index (χ0n) is 12.2. The van der Waals surface area contributed by atoms with Gasteiger partial charge in [-0.3, -0.25) is 10.1 Å². The lowest BCUT2D eigenvalue weighted by atomic mass is 10.1. The van der Waals surface area contributed by atoms with Crippen LogP contribution in [-0.4, -0.2) is 35.8 Å². The van der Waals surface area contributed by atoms with Crippen molar-refractivity contribution in [2.45, 2.75) is 13.0 Å². The van der Waals surface area contributed by atoms with Crippen molar-refractivity contribution in [3.05, 3.63) is 40.1 Å². The van der Waals surface area contributed by atoms with Gasteiger partial charge in [0.25, 0.3) is 5.69 Å². The van der Waals surface area contributed by atoms with E-state index in [0.717, 1.165) is 37.1 Å². The van der Waals surface area contributed by atoms with Crippen molar-refractivity contribution in [2.75, 3.05) is 20.3 Å². The molecule has 0 amide bonds. The minimum Gasteiger partial charge on any atom is -0.465 e. The number of benzene rings is 1. The standard InChI is InChI=1S/C15H16N2O5/c1-21-15(18)12-7-13-11(6-14(12)17(19)20)2-4-16(13)8-10-3-5-22-9-10/h2,4,6-7,10H,3,5,8-9H2,1H3. The predicted octanol–water partition coefficient (Wildman–Crippen LogP) is 2.37. The number of hydrogen-bond donors (Lipinski definition) is 0. The molecule has 0 saturated carbocycles. The Hall–Kier alpha value is -2.41. The minimum absolute atomic E-state index is 0.0254. The van der Waals surface area contributed by atoms with Crippen LogP contribution >= 0.6 is 0 Å². The van der Waals surface area contributed by atoms with E-state index in [1.165, 1.54) is 19.2 Å². The number of rotatable bonds is 4. The van der Waals surface area contributed by atoms with E-state index < -0.39 is 10.9 Å². The molecule has 1 aliphatic rings. The maximum Gasteiger partial charge on any atom is 0.344 e. The molecule has 2 heterocycles. The van der Waals surface area contributed by atoms with E-state index in [0.29, 0.717) is 5.92 Å². The fourth-order valence-electron chi connectivity index (χ4n) is 2.81. The number of nitrogens with zero attached hydrogens (tertiary/aromatic N) is 2. The first-order chi connectivity index (χ1) is 10.6. The molecule has 7 heteroatoms. The minimum atomic E-state index is -0.703. The van der Waals surface area contributed by atoms with E-state index in [1.807, 2.05) is 16.8 Å². The molecule has 1 fully saturated rings. The molecule has 0 aliphatic carbocycles. The van der Waals surface area contributed by atoms with E-state index in [-0.39, 0.29) is 11.3 Å². The maximum absolute atomic E-state index is 11.8. The molecule has 1 saturated heterocycles. The maximum atomic E-state index is 11.8. The van der Waals surface area contributed by atoms with Gasteiger partial charge in [-0.1, -0.05) is 0 Å². The number of esters is 1. The highest BCUT2D eigenvalue weighted by atomic mass is 16.6. The molecule has 0 spiro atoms. The number of fused-ring (bicyclic) bond motifs is 1. The second-order valence-corrected chi connectivity index (χ2v) is 5.37. The van der Waals surface area contributed by atoms with Crippen LogP contribution in [0.2, 0.25) is 0 Å². The summed E-state index contributed by atoms with van der Waals surface area (Å²) in [6.45, 7) is 2.25. The number of carbonyl (C=O) groups excluding carboxylic acids is 1. The quantitative estimate of drug-likeness (QED) is 0.492. The molecule has 0 radical (unpaired) electrons. The summed E-state index contributed by atoms with van der Waals surface area (Å²) in [5, 5.41) is 11.9. The first kappa shape index (κ1) is 14.5. The van der Waals surface area contributed by atoms with Crippen LogP contribution in [0.3, 0.4) is 0 Å². The summed E-state index contributed by atoms with van der Waals surface area (Å²) in [6, 6.07) is 4.78. The van der Waals surface area contributed by atoms with Crippen LogP contribution in [0.5, 0.6) is 0 Å². The molecule has 1 unspecified atom stereocenters. The third-order valence-corrected chi connectivity index (χ3v) is 3.97. The van der Waals surface area contributed by atoms with Gasteiger partial charge in [-0.05, 0) is 18.6 Å². The van der Waals surface area contributed by atoms with Crippen LogP contribution in [0.1, 0.15) is 16.8 Å². The summed E-state index contributed by atoms with van der Waals surface area (Å²) in [5.41, 5.74) is 0.529. The molecule has 1 aromatic heterocycles. The third kappa shape index (κ3) is 2.55. The molecule has 1 atom stereocenters. The summed E-state index contributed by atoms with van der Waals surface area (Å²) >= 11 is 0. The van der Waals surface area contributed by atoms with Crippen LogP contribution < -0.4 is 0 Å². The van der Waals surface area contributed by atoms with E-state index in [2.05, 4.69) is 4.74 Å². The molecule has 1 aromatic carbocycles. The van der Waals surface area contributed by atoms with Crippen molar-refractivity contribution in [3.63, 3.8) is 0 Å². The van der Waals surface area contributed by atoms with Crippen molar-refractivity contribution < 1.29 is 19.2 Å². The Kier molecular flexibility index (Phi) is 3.81. The number of nitro benzene ring substituents is 1. The van der Waals surface area contributed by atoms with Gasteiger partial charge >= 0.3 is 5.97 Å². The van der Waals surface area contributed by atoms with Gasteiger partial charge in [0.2, 0.25) is 0 Å². The molecule has 22 heavy (non-hydrogen) atoms. The van der Waals surface area contributed by atoms with E-state index >= 15 is 0 Å². The van der Waals surface area contributed by atoms with Crippen LogP contribution in [0, 0.1) is 16.0 Å². The molecule has 1 aliphatic heterocycles. The average Bonchev–Trinajstić information content (AvgIpc) is 3.15. The fourth-order valence-corrected chi connectivity index (χ4v) is 2.81. The number of nitro groups is 1. The summed E-state index contributed by atoms with van der Waals surface area (Å²) in [4.78, 5) is 22.4. The van der Waals surface area contributed by atoms with Crippen molar-refractivity contribution >= 4 is 22.6 Å². The molecule has 2 aromatic rings. The Bertz CT molecular complexity index is 731. The van der Waals surface area contributed by atoms with Crippen LogP contribution in [0.15, 0.2) is 24.4 Å². The number of carbonyl (C=O) groups is 1. The van der Waals surface area contributed by atoms with Gasteiger partial charge in [0.05, 0.1) is 18.6 Å². The largest absolute Gasteiger partial charge is 0.465 e. The topological polar surface area (TPSA) is 83.6 Å². The Balaban J connectivity index is 2.05. The van der Waals surface area contributed by atoms with Gasteiger partial charge in [0, 0.05) is 42.2 Å². The monoisotopic (exact) mass is 304 g/mol. The van der Waals surface area contributed by atoms with Crippen LogP contribution in [-0.2, 0) is 16.0 Å². The average molecular weight is 304 g/mol. The van der Waals surface area contributed by atoms with Crippen molar-refractivity contribution in [1.29, 1.82) is 0 Å². The highest BCUT2D eigenvalue weighted by Gasteiger charge is 2.24. The highest BCUT2D eigenvalue weighted by Crippen LogP contribution is 2.28. The van der Waals surface area contributed by atoms with E-state index in [4.69, 9.17) is 4.74 Å². The highest BCUT2D eigenvalue weighted by molar-refractivity contribution is 5.99. The molecule has 0 N–H and O–H groups in total. The lowest BCUT2D eigenvalue weighted by Crippen LogP contribution is -2.10. The SMILES string of the molecule is COC(=O)c1cc2c(ccn2CC2CCOC2)cc1[N+](=O)[O-]. The van der Waals surface area contributed by atoms with Crippen molar-refractivity contribution in [3.8, 4) is 0 Å². The summed E-state index contributed by atoms with van der Waals surface area (Å²) < 4.78 is 12.0. The van der Waals surface area contributed by atoms with Crippen molar-refractivity contribution in [2.24, 2.45) is 5.92 Å². The number of ether oxygens (including phenoxy) is 2. The molecule has 0 bridgehead atoms.